The minimum absolute atomic E-state index is 0.128. The molecule has 0 atom stereocenters. The van der Waals surface area contributed by atoms with Gasteiger partial charge in [-0.25, -0.2) is 5.14 Å². The summed E-state index contributed by atoms with van der Waals surface area (Å²) in [6.45, 7) is 2.15. The summed E-state index contributed by atoms with van der Waals surface area (Å²) in [7, 11) is -3.63. The Kier molecular flexibility index (Phi) is 3.56. The Hall–Kier alpha value is -0.980. The highest BCUT2D eigenvalue weighted by molar-refractivity contribution is 7.87. The number of nitrogens with one attached hydrogen (secondary N) is 1. The Morgan fingerprint density at radius 1 is 1.50 bits per heavy atom. The largest absolute Gasteiger partial charge is 0.274 e. The third-order valence-electron chi connectivity index (χ3n) is 1.75. The minimum atomic E-state index is -3.63. The SMILES string of the molecule is CCc1ccc(CNS(N)(=O)=O)nc1. The third kappa shape index (κ3) is 3.82. The highest BCUT2D eigenvalue weighted by Crippen LogP contribution is 2.00. The van der Waals surface area contributed by atoms with Gasteiger partial charge in [-0.15, -0.1) is 0 Å². The first-order chi connectivity index (χ1) is 6.51. The average Bonchev–Trinajstić information content (AvgIpc) is 2.14. The summed E-state index contributed by atoms with van der Waals surface area (Å²) >= 11 is 0. The second-order valence-electron chi connectivity index (χ2n) is 2.88. The topological polar surface area (TPSA) is 85.1 Å². The summed E-state index contributed by atoms with van der Waals surface area (Å²) in [6, 6.07) is 3.68. The van der Waals surface area contributed by atoms with Crippen LogP contribution < -0.4 is 9.86 Å². The minimum Gasteiger partial charge on any atom is -0.260 e. The predicted molar refractivity (Wildman–Crippen MR) is 53.6 cm³/mol. The molecule has 0 unspecified atom stereocenters. The van der Waals surface area contributed by atoms with Gasteiger partial charge in [-0.2, -0.15) is 13.1 Å². The first kappa shape index (κ1) is 11.1. The molecule has 0 radical (unpaired) electrons. The summed E-state index contributed by atoms with van der Waals surface area (Å²) in [6.07, 6.45) is 2.63. The van der Waals surface area contributed by atoms with Gasteiger partial charge in [0.2, 0.25) is 0 Å². The molecule has 0 saturated carbocycles. The van der Waals surface area contributed by atoms with Crippen LogP contribution in [0.1, 0.15) is 18.2 Å². The maximum Gasteiger partial charge on any atom is 0.274 e. The van der Waals surface area contributed by atoms with E-state index < -0.39 is 10.2 Å². The second-order valence-corrected chi connectivity index (χ2v) is 4.26. The van der Waals surface area contributed by atoms with Gasteiger partial charge in [-0.1, -0.05) is 13.0 Å². The zero-order chi connectivity index (χ0) is 10.6. The van der Waals surface area contributed by atoms with E-state index in [0.717, 1.165) is 12.0 Å². The van der Waals surface area contributed by atoms with Crippen molar-refractivity contribution in [2.24, 2.45) is 5.14 Å². The van der Waals surface area contributed by atoms with Crippen LogP contribution in [0.2, 0.25) is 0 Å². The fourth-order valence-corrected chi connectivity index (χ4v) is 1.29. The second kappa shape index (κ2) is 4.50. The lowest BCUT2D eigenvalue weighted by Crippen LogP contribution is -2.30. The Labute approximate surface area is 83.5 Å². The molecule has 0 aliphatic heterocycles. The van der Waals surface area contributed by atoms with Gasteiger partial charge in [0.05, 0.1) is 12.2 Å². The molecular formula is C8H13N3O2S. The number of pyridine rings is 1. The Morgan fingerprint density at radius 3 is 2.64 bits per heavy atom. The molecule has 0 bridgehead atoms. The van der Waals surface area contributed by atoms with Crippen LogP contribution in [0.25, 0.3) is 0 Å². The molecule has 0 aromatic carbocycles. The fourth-order valence-electron chi connectivity index (χ4n) is 0.943. The first-order valence-electron chi connectivity index (χ1n) is 4.22. The fraction of sp³-hybridized carbons (Fsp3) is 0.375. The summed E-state index contributed by atoms with van der Waals surface area (Å²) in [4.78, 5) is 4.07. The van der Waals surface area contributed by atoms with Crippen LogP contribution in [-0.4, -0.2) is 13.4 Å². The van der Waals surface area contributed by atoms with Gasteiger partial charge in [-0.3, -0.25) is 4.98 Å². The van der Waals surface area contributed by atoms with E-state index in [2.05, 4.69) is 9.71 Å². The smallest absolute Gasteiger partial charge is 0.260 e. The lowest BCUT2D eigenvalue weighted by molar-refractivity contribution is 0.582. The number of hydrogen-bond donors (Lipinski definition) is 2. The lowest BCUT2D eigenvalue weighted by Gasteiger charge is -2.02. The van der Waals surface area contributed by atoms with Crippen molar-refractivity contribution in [2.45, 2.75) is 19.9 Å². The van der Waals surface area contributed by atoms with E-state index >= 15 is 0 Å². The van der Waals surface area contributed by atoms with Crippen molar-refractivity contribution in [2.75, 3.05) is 0 Å². The van der Waals surface area contributed by atoms with Crippen LogP contribution in [0.15, 0.2) is 18.3 Å². The van der Waals surface area contributed by atoms with Crippen molar-refractivity contribution in [3.05, 3.63) is 29.6 Å². The van der Waals surface area contributed by atoms with E-state index in [4.69, 9.17) is 5.14 Å². The standard InChI is InChI=1S/C8H13N3O2S/c1-2-7-3-4-8(10-5-7)6-11-14(9,12)13/h3-5,11H,2,6H2,1H3,(H2,9,12,13). The van der Waals surface area contributed by atoms with Gasteiger partial charge in [0.25, 0.3) is 10.2 Å². The molecule has 1 aromatic rings. The molecule has 0 amide bonds. The maximum atomic E-state index is 10.6. The van der Waals surface area contributed by atoms with Gasteiger partial charge >= 0.3 is 0 Å². The highest BCUT2D eigenvalue weighted by atomic mass is 32.2. The van der Waals surface area contributed by atoms with Crippen molar-refractivity contribution in [3.63, 3.8) is 0 Å². The maximum absolute atomic E-state index is 10.6. The van der Waals surface area contributed by atoms with Gasteiger partial charge in [0.1, 0.15) is 0 Å². The molecule has 14 heavy (non-hydrogen) atoms. The van der Waals surface area contributed by atoms with Gasteiger partial charge in [-0.05, 0) is 18.1 Å². The number of aromatic nitrogens is 1. The van der Waals surface area contributed by atoms with E-state index in [9.17, 15) is 8.42 Å². The molecule has 0 fully saturated rings. The van der Waals surface area contributed by atoms with Crippen molar-refractivity contribution in [1.29, 1.82) is 0 Å². The first-order valence-corrected chi connectivity index (χ1v) is 5.77. The van der Waals surface area contributed by atoms with Crippen molar-refractivity contribution >= 4 is 10.2 Å². The Balaban J connectivity index is 2.61. The van der Waals surface area contributed by atoms with E-state index in [-0.39, 0.29) is 6.54 Å². The van der Waals surface area contributed by atoms with Crippen LogP contribution >= 0.6 is 0 Å². The lowest BCUT2D eigenvalue weighted by atomic mass is 10.2. The van der Waals surface area contributed by atoms with E-state index in [1.165, 1.54) is 0 Å². The zero-order valence-corrected chi connectivity index (χ0v) is 8.71. The van der Waals surface area contributed by atoms with Gasteiger partial charge < -0.3 is 0 Å². The van der Waals surface area contributed by atoms with Crippen molar-refractivity contribution in [1.82, 2.24) is 9.71 Å². The van der Waals surface area contributed by atoms with Gasteiger partial charge in [0.15, 0.2) is 0 Å². The third-order valence-corrected chi connectivity index (χ3v) is 2.30. The molecular weight excluding hydrogens is 202 g/mol. The molecule has 0 spiro atoms. The molecule has 5 nitrogen and oxygen atoms in total. The van der Waals surface area contributed by atoms with Crippen LogP contribution in [0.4, 0.5) is 0 Å². The normalized spacial score (nSPS) is 11.6. The quantitative estimate of drug-likeness (QED) is 0.737. The molecule has 78 valence electrons. The van der Waals surface area contributed by atoms with E-state index in [1.54, 1.807) is 12.3 Å². The van der Waals surface area contributed by atoms with Crippen molar-refractivity contribution < 1.29 is 8.42 Å². The number of hydrogen-bond acceptors (Lipinski definition) is 3. The highest BCUT2D eigenvalue weighted by Gasteiger charge is 2.01. The van der Waals surface area contributed by atoms with Crippen LogP contribution in [0.3, 0.4) is 0 Å². The zero-order valence-electron chi connectivity index (χ0n) is 7.90. The summed E-state index contributed by atoms with van der Waals surface area (Å²) in [5.74, 6) is 0. The summed E-state index contributed by atoms with van der Waals surface area (Å²) in [5.41, 5.74) is 1.76. The van der Waals surface area contributed by atoms with Crippen LogP contribution in [-0.2, 0) is 23.2 Å². The Morgan fingerprint density at radius 2 is 2.21 bits per heavy atom. The summed E-state index contributed by atoms with van der Waals surface area (Å²) < 4.78 is 23.3. The Bertz CT molecular complexity index is 386. The molecule has 1 heterocycles. The van der Waals surface area contributed by atoms with Crippen molar-refractivity contribution in [3.8, 4) is 0 Å². The molecule has 0 aliphatic rings. The van der Waals surface area contributed by atoms with Crippen LogP contribution in [0, 0.1) is 0 Å². The van der Waals surface area contributed by atoms with Crippen LogP contribution in [0.5, 0.6) is 0 Å². The number of nitrogens with two attached hydrogens (primary N) is 1. The monoisotopic (exact) mass is 215 g/mol. The van der Waals surface area contributed by atoms with E-state index in [0.29, 0.717) is 5.69 Å². The number of aryl methyl sites for hydroxylation is 1. The summed E-state index contributed by atoms with van der Waals surface area (Å²) in [5, 5.41) is 4.77. The predicted octanol–water partition coefficient (Wildman–Crippen LogP) is -0.0629. The number of nitrogens with zero attached hydrogens (tertiary/aromatic N) is 1. The average molecular weight is 215 g/mol. The van der Waals surface area contributed by atoms with Gasteiger partial charge in [0, 0.05) is 6.20 Å². The molecule has 1 aromatic heterocycles. The molecule has 3 N–H and O–H groups in total. The van der Waals surface area contributed by atoms with E-state index in [1.807, 2.05) is 13.0 Å². The molecule has 0 aliphatic carbocycles. The molecule has 0 saturated heterocycles. The molecule has 1 rings (SSSR count). The number of rotatable bonds is 4. The molecule has 6 heteroatoms.